The molecular weight excluding hydrogens is 226 g/mol. The number of carbonyl (C=O) groups is 1. The normalized spacial score (nSPS) is 10.4. The van der Waals surface area contributed by atoms with Crippen LogP contribution < -0.4 is 0 Å². The fourth-order valence-electron chi connectivity index (χ4n) is 2.05. The first-order chi connectivity index (χ1) is 8.67. The minimum Gasteiger partial charge on any atom is -0.465 e. The van der Waals surface area contributed by atoms with Crippen molar-refractivity contribution in [1.29, 1.82) is 0 Å². The van der Waals surface area contributed by atoms with Gasteiger partial charge < -0.3 is 9.30 Å². The second kappa shape index (κ2) is 5.08. The molecule has 0 aliphatic carbocycles. The summed E-state index contributed by atoms with van der Waals surface area (Å²) in [6.45, 7) is 4.91. The Balaban J connectivity index is 2.59. The van der Waals surface area contributed by atoms with Crippen molar-refractivity contribution >= 4 is 5.97 Å². The summed E-state index contributed by atoms with van der Waals surface area (Å²) in [5, 5.41) is 0. The maximum Gasteiger partial charge on any atom is 0.340 e. The zero-order valence-electron chi connectivity index (χ0n) is 10.9. The van der Waals surface area contributed by atoms with E-state index in [0.29, 0.717) is 5.56 Å². The number of carbonyl (C=O) groups excluding carboxylic acids is 1. The molecule has 2 rings (SSSR count). The van der Waals surface area contributed by atoms with Gasteiger partial charge >= 0.3 is 5.97 Å². The molecule has 1 aromatic heterocycles. The van der Waals surface area contributed by atoms with Crippen LogP contribution in [0.1, 0.15) is 22.8 Å². The Bertz CT molecular complexity index is 570. The summed E-state index contributed by atoms with van der Waals surface area (Å²) in [4.78, 5) is 11.8. The van der Waals surface area contributed by atoms with Gasteiger partial charge in [-0.15, -0.1) is 0 Å². The highest BCUT2D eigenvalue weighted by Crippen LogP contribution is 2.28. The SMILES string of the molecule is CCn1cc(C(=O)OC)c(-c2ccccc2C)c1. The predicted molar refractivity (Wildman–Crippen MR) is 71.6 cm³/mol. The van der Waals surface area contributed by atoms with Crippen molar-refractivity contribution in [3.05, 3.63) is 47.8 Å². The first kappa shape index (κ1) is 12.4. The van der Waals surface area contributed by atoms with E-state index >= 15 is 0 Å². The Morgan fingerprint density at radius 2 is 1.94 bits per heavy atom. The van der Waals surface area contributed by atoms with Gasteiger partial charge in [-0.2, -0.15) is 0 Å². The van der Waals surface area contributed by atoms with Crippen molar-refractivity contribution in [1.82, 2.24) is 4.57 Å². The lowest BCUT2D eigenvalue weighted by molar-refractivity contribution is 0.0601. The molecule has 0 saturated heterocycles. The third kappa shape index (κ3) is 2.16. The van der Waals surface area contributed by atoms with Crippen molar-refractivity contribution in [3.8, 4) is 11.1 Å². The van der Waals surface area contributed by atoms with Crippen molar-refractivity contribution < 1.29 is 9.53 Å². The Kier molecular flexibility index (Phi) is 3.51. The molecule has 1 aromatic carbocycles. The van der Waals surface area contributed by atoms with Crippen molar-refractivity contribution in [3.63, 3.8) is 0 Å². The van der Waals surface area contributed by atoms with Crippen LogP contribution in [0.25, 0.3) is 11.1 Å². The van der Waals surface area contributed by atoms with E-state index in [0.717, 1.165) is 23.2 Å². The van der Waals surface area contributed by atoms with Crippen LogP contribution in [0.2, 0.25) is 0 Å². The number of rotatable bonds is 3. The minimum atomic E-state index is -0.291. The van der Waals surface area contributed by atoms with E-state index in [9.17, 15) is 4.79 Å². The number of esters is 1. The number of hydrogen-bond donors (Lipinski definition) is 0. The first-order valence-corrected chi connectivity index (χ1v) is 6.01. The van der Waals surface area contributed by atoms with Gasteiger partial charge in [0.25, 0.3) is 0 Å². The van der Waals surface area contributed by atoms with Gasteiger partial charge in [-0.3, -0.25) is 0 Å². The van der Waals surface area contributed by atoms with Gasteiger partial charge in [-0.05, 0) is 25.0 Å². The molecule has 0 amide bonds. The summed E-state index contributed by atoms with van der Waals surface area (Å²) in [7, 11) is 1.41. The van der Waals surface area contributed by atoms with Crippen LogP contribution in [0, 0.1) is 6.92 Å². The zero-order chi connectivity index (χ0) is 13.1. The number of hydrogen-bond acceptors (Lipinski definition) is 2. The van der Waals surface area contributed by atoms with Crippen LogP contribution in [0.4, 0.5) is 0 Å². The van der Waals surface area contributed by atoms with Crippen LogP contribution in [-0.4, -0.2) is 17.6 Å². The van der Waals surface area contributed by atoms with E-state index in [1.165, 1.54) is 7.11 Å². The summed E-state index contributed by atoms with van der Waals surface area (Å²) < 4.78 is 6.84. The topological polar surface area (TPSA) is 31.2 Å². The molecule has 94 valence electrons. The molecule has 0 N–H and O–H groups in total. The highest BCUT2D eigenvalue weighted by molar-refractivity contribution is 5.97. The van der Waals surface area contributed by atoms with E-state index in [1.54, 1.807) is 0 Å². The summed E-state index contributed by atoms with van der Waals surface area (Å²) in [6, 6.07) is 8.04. The molecule has 0 spiro atoms. The number of methoxy groups -OCH3 is 1. The van der Waals surface area contributed by atoms with Gasteiger partial charge in [-0.25, -0.2) is 4.79 Å². The maximum atomic E-state index is 11.8. The van der Waals surface area contributed by atoms with Crippen LogP contribution in [0.5, 0.6) is 0 Å². The molecular formula is C15H17NO2. The lowest BCUT2D eigenvalue weighted by atomic mass is 10.00. The third-order valence-electron chi connectivity index (χ3n) is 3.09. The Morgan fingerprint density at radius 1 is 1.22 bits per heavy atom. The zero-order valence-corrected chi connectivity index (χ0v) is 10.9. The van der Waals surface area contributed by atoms with Gasteiger partial charge in [0, 0.05) is 24.5 Å². The second-order valence-corrected chi connectivity index (χ2v) is 4.22. The number of nitrogens with zero attached hydrogens (tertiary/aromatic N) is 1. The smallest absolute Gasteiger partial charge is 0.340 e. The molecule has 0 saturated carbocycles. The van der Waals surface area contributed by atoms with Gasteiger partial charge in [0.05, 0.1) is 12.7 Å². The highest BCUT2D eigenvalue weighted by Gasteiger charge is 2.17. The number of benzene rings is 1. The van der Waals surface area contributed by atoms with Crippen LogP contribution in [0.3, 0.4) is 0 Å². The van der Waals surface area contributed by atoms with Crippen molar-refractivity contribution in [2.24, 2.45) is 0 Å². The van der Waals surface area contributed by atoms with E-state index in [4.69, 9.17) is 4.74 Å². The highest BCUT2D eigenvalue weighted by atomic mass is 16.5. The fraction of sp³-hybridized carbons (Fsp3) is 0.267. The van der Waals surface area contributed by atoms with E-state index < -0.39 is 0 Å². The maximum absolute atomic E-state index is 11.8. The summed E-state index contributed by atoms with van der Waals surface area (Å²) in [5.74, 6) is -0.291. The van der Waals surface area contributed by atoms with E-state index in [-0.39, 0.29) is 5.97 Å². The van der Waals surface area contributed by atoms with Gasteiger partial charge in [0.2, 0.25) is 0 Å². The molecule has 0 aliphatic heterocycles. The van der Waals surface area contributed by atoms with E-state index in [2.05, 4.69) is 0 Å². The van der Waals surface area contributed by atoms with E-state index in [1.807, 2.05) is 55.1 Å². The number of aryl methyl sites for hydroxylation is 2. The standard InChI is InChI=1S/C15H17NO2/c1-4-16-9-13(14(10-16)15(17)18-3)12-8-6-5-7-11(12)2/h5-10H,4H2,1-3H3. The molecule has 2 aromatic rings. The van der Waals surface area contributed by atoms with Crippen LogP contribution >= 0.6 is 0 Å². The quantitative estimate of drug-likeness (QED) is 0.775. The first-order valence-electron chi connectivity index (χ1n) is 6.01. The Hall–Kier alpha value is -2.03. The molecule has 1 heterocycles. The van der Waals surface area contributed by atoms with Crippen molar-refractivity contribution in [2.75, 3.05) is 7.11 Å². The summed E-state index contributed by atoms with van der Waals surface area (Å²) in [5.41, 5.74) is 3.78. The van der Waals surface area contributed by atoms with Crippen LogP contribution in [-0.2, 0) is 11.3 Å². The second-order valence-electron chi connectivity index (χ2n) is 4.22. The molecule has 0 radical (unpaired) electrons. The summed E-state index contributed by atoms with van der Waals surface area (Å²) in [6.07, 6.45) is 3.84. The monoisotopic (exact) mass is 243 g/mol. The predicted octanol–water partition coefficient (Wildman–Crippen LogP) is 3.27. The van der Waals surface area contributed by atoms with Gasteiger partial charge in [-0.1, -0.05) is 24.3 Å². The summed E-state index contributed by atoms with van der Waals surface area (Å²) >= 11 is 0. The molecule has 3 nitrogen and oxygen atoms in total. The lowest BCUT2D eigenvalue weighted by Crippen LogP contribution is -2.01. The minimum absolute atomic E-state index is 0.291. The van der Waals surface area contributed by atoms with Gasteiger partial charge in [0.15, 0.2) is 0 Å². The average Bonchev–Trinajstić information content (AvgIpc) is 2.82. The average molecular weight is 243 g/mol. The molecule has 0 aliphatic rings. The molecule has 0 unspecified atom stereocenters. The number of ether oxygens (including phenoxy) is 1. The molecule has 0 atom stereocenters. The number of aromatic nitrogens is 1. The molecule has 18 heavy (non-hydrogen) atoms. The fourth-order valence-corrected chi connectivity index (χ4v) is 2.05. The molecule has 3 heteroatoms. The van der Waals surface area contributed by atoms with Gasteiger partial charge in [0.1, 0.15) is 0 Å². The third-order valence-corrected chi connectivity index (χ3v) is 3.09. The van der Waals surface area contributed by atoms with Crippen LogP contribution in [0.15, 0.2) is 36.7 Å². The molecule has 0 bridgehead atoms. The largest absolute Gasteiger partial charge is 0.465 e. The Labute approximate surface area is 107 Å². The van der Waals surface area contributed by atoms with Crippen molar-refractivity contribution in [2.45, 2.75) is 20.4 Å². The lowest BCUT2D eigenvalue weighted by Gasteiger charge is -2.05. The Morgan fingerprint density at radius 3 is 2.56 bits per heavy atom. The molecule has 0 fully saturated rings.